The molecule has 0 aromatic carbocycles. The zero-order chi connectivity index (χ0) is 11.3. The van der Waals surface area contributed by atoms with Crippen molar-refractivity contribution in [3.8, 4) is 0 Å². The lowest BCUT2D eigenvalue weighted by molar-refractivity contribution is -0.117. The number of nitrogens with two attached hydrogens (primary N) is 1. The lowest BCUT2D eigenvalue weighted by Gasteiger charge is -2.00. The molecular weight excluding hydrogens is 194 g/mol. The van der Waals surface area contributed by atoms with Crippen LogP contribution in [-0.4, -0.2) is 15.9 Å². The molecule has 1 aromatic heterocycles. The number of carbonyl (C=O) groups excluding carboxylic acids is 1. The van der Waals surface area contributed by atoms with Crippen molar-refractivity contribution >= 4 is 5.91 Å². The van der Waals surface area contributed by atoms with Crippen LogP contribution < -0.4 is 11.3 Å². The maximum absolute atomic E-state index is 11.4. The number of nitrogens with one attached hydrogen (secondary N) is 1. The highest BCUT2D eigenvalue weighted by atomic mass is 16.1. The number of H-pyrrole nitrogens is 1. The Balaban J connectivity index is 2.79. The van der Waals surface area contributed by atoms with E-state index in [4.69, 9.17) is 5.73 Å². The first-order valence-electron chi connectivity index (χ1n) is 4.99. The van der Waals surface area contributed by atoms with Crippen molar-refractivity contribution in [3.05, 3.63) is 27.9 Å². The summed E-state index contributed by atoms with van der Waals surface area (Å²) in [5.41, 5.74) is 5.65. The second-order valence-electron chi connectivity index (χ2n) is 3.43. The molecular formula is C10H15N3O2. The minimum Gasteiger partial charge on any atom is -0.369 e. The fourth-order valence-corrected chi connectivity index (χ4v) is 1.25. The molecule has 0 aliphatic heterocycles. The first kappa shape index (κ1) is 11.4. The highest BCUT2D eigenvalue weighted by Gasteiger charge is 2.05. The minimum atomic E-state index is -0.547. The van der Waals surface area contributed by atoms with E-state index in [9.17, 15) is 9.59 Å². The van der Waals surface area contributed by atoms with Gasteiger partial charge < -0.3 is 10.7 Å². The van der Waals surface area contributed by atoms with E-state index in [1.54, 1.807) is 6.20 Å². The molecule has 1 amide bonds. The van der Waals surface area contributed by atoms with E-state index in [2.05, 4.69) is 16.9 Å². The van der Waals surface area contributed by atoms with Gasteiger partial charge in [-0.3, -0.25) is 14.6 Å². The Morgan fingerprint density at radius 1 is 1.60 bits per heavy atom. The molecule has 1 rings (SSSR count). The van der Waals surface area contributed by atoms with E-state index in [1.165, 1.54) is 0 Å². The topological polar surface area (TPSA) is 88.8 Å². The van der Waals surface area contributed by atoms with Gasteiger partial charge in [0.15, 0.2) is 0 Å². The van der Waals surface area contributed by atoms with Gasteiger partial charge in [-0.25, -0.2) is 0 Å². The number of carbonyl (C=O) groups is 1. The molecule has 5 heteroatoms. The van der Waals surface area contributed by atoms with E-state index < -0.39 is 5.91 Å². The number of hydrogen-bond acceptors (Lipinski definition) is 3. The summed E-state index contributed by atoms with van der Waals surface area (Å²) in [5.74, 6) is -0.547. The summed E-state index contributed by atoms with van der Waals surface area (Å²) >= 11 is 0. The zero-order valence-electron chi connectivity index (χ0n) is 8.75. The Morgan fingerprint density at radius 3 is 2.87 bits per heavy atom. The molecule has 0 saturated heterocycles. The summed E-state index contributed by atoms with van der Waals surface area (Å²) in [5, 5.41) is 0. The number of aromatic nitrogens is 2. The molecule has 0 bridgehead atoms. The summed E-state index contributed by atoms with van der Waals surface area (Å²) in [6.07, 6.45) is 4.35. The number of amides is 1. The van der Waals surface area contributed by atoms with Crippen LogP contribution in [0.1, 0.15) is 31.2 Å². The van der Waals surface area contributed by atoms with Gasteiger partial charge >= 0.3 is 0 Å². The molecule has 0 fully saturated rings. The van der Waals surface area contributed by atoms with Crippen molar-refractivity contribution < 1.29 is 4.79 Å². The van der Waals surface area contributed by atoms with Crippen molar-refractivity contribution in [2.24, 2.45) is 5.73 Å². The second-order valence-corrected chi connectivity index (χ2v) is 3.43. The molecule has 5 nitrogen and oxygen atoms in total. The summed E-state index contributed by atoms with van der Waals surface area (Å²) in [7, 11) is 0. The number of aromatic amines is 1. The fraction of sp³-hybridized carbons (Fsp3) is 0.500. The second kappa shape index (κ2) is 5.29. The van der Waals surface area contributed by atoms with E-state index >= 15 is 0 Å². The lowest BCUT2D eigenvalue weighted by atomic mass is 10.2. The van der Waals surface area contributed by atoms with Crippen LogP contribution in [-0.2, 0) is 17.6 Å². The summed E-state index contributed by atoms with van der Waals surface area (Å²) in [6.45, 7) is 2.08. The summed E-state index contributed by atoms with van der Waals surface area (Å²) < 4.78 is 0. The molecule has 0 aliphatic carbocycles. The van der Waals surface area contributed by atoms with Crippen molar-refractivity contribution in [2.45, 2.75) is 32.6 Å². The first-order chi connectivity index (χ1) is 7.13. The number of nitrogens with zero attached hydrogens (tertiary/aromatic N) is 1. The van der Waals surface area contributed by atoms with Gasteiger partial charge in [-0.05, 0) is 12.8 Å². The predicted octanol–water partition coefficient (Wildman–Crippen LogP) is 0.140. The molecule has 0 radical (unpaired) electrons. The normalized spacial score (nSPS) is 10.2. The van der Waals surface area contributed by atoms with E-state index in [-0.39, 0.29) is 17.7 Å². The quantitative estimate of drug-likeness (QED) is 0.722. The molecule has 0 aliphatic rings. The van der Waals surface area contributed by atoms with Gasteiger partial charge in [0.05, 0.1) is 6.42 Å². The standard InChI is InChI=1S/C10H15N3O2/c1-2-3-4-7-6-12-8(5-9(11)14)10(15)13-7/h6H,2-5H2,1H3,(H2,11,14)(H,13,15). The van der Waals surface area contributed by atoms with Crippen molar-refractivity contribution in [2.75, 3.05) is 0 Å². The van der Waals surface area contributed by atoms with Crippen LogP contribution in [0.3, 0.4) is 0 Å². The van der Waals surface area contributed by atoms with Gasteiger partial charge in [0.25, 0.3) is 5.56 Å². The maximum atomic E-state index is 11.4. The number of unbranched alkanes of at least 4 members (excludes halogenated alkanes) is 1. The van der Waals surface area contributed by atoms with Crippen molar-refractivity contribution in [1.29, 1.82) is 0 Å². The molecule has 15 heavy (non-hydrogen) atoms. The average molecular weight is 209 g/mol. The van der Waals surface area contributed by atoms with Crippen LogP contribution in [0.5, 0.6) is 0 Å². The lowest BCUT2D eigenvalue weighted by Crippen LogP contribution is -2.23. The SMILES string of the molecule is CCCCc1cnc(CC(N)=O)c(=O)[nH]1. The largest absolute Gasteiger partial charge is 0.369 e. The molecule has 1 aromatic rings. The van der Waals surface area contributed by atoms with Crippen LogP contribution in [0.25, 0.3) is 0 Å². The third-order valence-electron chi connectivity index (χ3n) is 2.05. The Morgan fingerprint density at radius 2 is 2.33 bits per heavy atom. The molecule has 0 atom stereocenters. The molecule has 0 saturated carbocycles. The van der Waals surface area contributed by atoms with Crippen LogP contribution in [0, 0.1) is 0 Å². The van der Waals surface area contributed by atoms with Gasteiger partial charge in [-0.2, -0.15) is 0 Å². The van der Waals surface area contributed by atoms with E-state index in [0.29, 0.717) is 0 Å². The van der Waals surface area contributed by atoms with Crippen LogP contribution in [0.4, 0.5) is 0 Å². The number of hydrogen-bond donors (Lipinski definition) is 2. The molecule has 0 unspecified atom stereocenters. The highest BCUT2D eigenvalue weighted by molar-refractivity contribution is 5.75. The van der Waals surface area contributed by atoms with Gasteiger partial charge in [-0.15, -0.1) is 0 Å². The maximum Gasteiger partial charge on any atom is 0.270 e. The van der Waals surface area contributed by atoms with Crippen molar-refractivity contribution in [3.63, 3.8) is 0 Å². The average Bonchev–Trinajstić information content (AvgIpc) is 2.18. The van der Waals surface area contributed by atoms with Crippen LogP contribution in [0.2, 0.25) is 0 Å². The van der Waals surface area contributed by atoms with E-state index in [1.807, 2.05) is 0 Å². The summed E-state index contributed by atoms with van der Waals surface area (Å²) in [6, 6.07) is 0. The Hall–Kier alpha value is -1.65. The van der Waals surface area contributed by atoms with Gasteiger partial charge in [-0.1, -0.05) is 13.3 Å². The number of primary amides is 1. The number of rotatable bonds is 5. The Labute approximate surface area is 87.7 Å². The first-order valence-corrected chi connectivity index (χ1v) is 4.99. The predicted molar refractivity (Wildman–Crippen MR) is 56.4 cm³/mol. The molecule has 0 spiro atoms. The Bertz CT molecular complexity index is 398. The smallest absolute Gasteiger partial charge is 0.270 e. The minimum absolute atomic E-state index is 0.108. The Kier molecular flexibility index (Phi) is 4.03. The van der Waals surface area contributed by atoms with Crippen LogP contribution in [0.15, 0.2) is 11.0 Å². The third kappa shape index (κ3) is 3.53. The summed E-state index contributed by atoms with van der Waals surface area (Å²) in [4.78, 5) is 28.6. The van der Waals surface area contributed by atoms with Crippen LogP contribution >= 0.6 is 0 Å². The van der Waals surface area contributed by atoms with Gasteiger partial charge in [0.2, 0.25) is 5.91 Å². The molecule has 82 valence electrons. The van der Waals surface area contributed by atoms with Crippen molar-refractivity contribution in [1.82, 2.24) is 9.97 Å². The monoisotopic (exact) mass is 209 g/mol. The zero-order valence-corrected chi connectivity index (χ0v) is 8.75. The van der Waals surface area contributed by atoms with Gasteiger partial charge in [0.1, 0.15) is 5.69 Å². The van der Waals surface area contributed by atoms with Gasteiger partial charge in [0, 0.05) is 11.9 Å². The fourth-order valence-electron chi connectivity index (χ4n) is 1.25. The van der Waals surface area contributed by atoms with E-state index in [0.717, 1.165) is 25.0 Å². The molecule has 3 N–H and O–H groups in total. The highest BCUT2D eigenvalue weighted by Crippen LogP contribution is 1.98. The number of aryl methyl sites for hydroxylation is 1. The third-order valence-corrected chi connectivity index (χ3v) is 2.05. The molecule has 1 heterocycles.